The number of thiol groups is 1. The van der Waals surface area contributed by atoms with Crippen LogP contribution in [0.5, 0.6) is 0 Å². The molecule has 1 nitrogen and oxygen atoms in total. The Balaban J connectivity index is 0.0000125. The zero-order valence-corrected chi connectivity index (χ0v) is 48.0. The summed E-state index contributed by atoms with van der Waals surface area (Å²) in [6, 6.07) is 11.2. The molecule has 2 aromatic rings. The first kappa shape index (κ1) is 51.9. The van der Waals surface area contributed by atoms with Gasteiger partial charge in [0, 0.05) is 0 Å². The summed E-state index contributed by atoms with van der Waals surface area (Å²) in [5, 5.41) is 2.30. The molecule has 0 bridgehead atoms. The van der Waals surface area contributed by atoms with Gasteiger partial charge in [0.05, 0.1) is 0 Å². The van der Waals surface area contributed by atoms with Gasteiger partial charge in [0.2, 0.25) is 0 Å². The van der Waals surface area contributed by atoms with Crippen molar-refractivity contribution >= 4 is 90.2 Å². The van der Waals surface area contributed by atoms with Crippen LogP contribution in [0.25, 0.3) is 0 Å². The van der Waals surface area contributed by atoms with Crippen LogP contribution < -0.4 is 7.16 Å². The van der Waals surface area contributed by atoms with Gasteiger partial charge in [-0.15, -0.1) is 0 Å². The van der Waals surface area contributed by atoms with Crippen molar-refractivity contribution in [3.05, 3.63) is 57.6 Å². The van der Waals surface area contributed by atoms with Crippen LogP contribution in [-0.4, -0.2) is 75.1 Å². The van der Waals surface area contributed by atoms with Crippen LogP contribution >= 0.6 is 0 Å². The van der Waals surface area contributed by atoms with Crippen LogP contribution in [0.15, 0.2) is 24.3 Å². The van der Waals surface area contributed by atoms with E-state index in [1.165, 1.54) is 0 Å². The molecule has 2 N–H and O–H groups in total. The molecule has 0 heterocycles. The van der Waals surface area contributed by atoms with Gasteiger partial charge in [0.25, 0.3) is 0 Å². The molecule has 2 aromatic carbocycles. The van der Waals surface area contributed by atoms with E-state index in [0.29, 0.717) is 17.8 Å². The second kappa shape index (κ2) is 18.0. The molecule has 0 saturated heterocycles. The van der Waals surface area contributed by atoms with Crippen LogP contribution in [0.1, 0.15) is 108 Å². The van der Waals surface area contributed by atoms with E-state index in [2.05, 4.69) is 184 Å². The molecule has 0 fully saturated rings. The van der Waals surface area contributed by atoms with Gasteiger partial charge >= 0.3 is 327 Å². The maximum absolute atomic E-state index is 2.94. The SMILES string of the molecule is CC(C)c1cc(C(C)C)[c]([Sn+][c]2c(C([Si](C)(C)C)[Si](C)(C)C)cc(C([Si](C)(C)C)[Si](C)(C)C)cc2C([Si](C)(C)C)[Si](C)(C)C)c(C(C)C)c1.O.[SH-]. The Morgan fingerprint density at radius 3 is 0.804 bits per heavy atom. The Hall–Kier alpha value is 0.850. The monoisotopic (exact) mass is 925 g/mol. The fourth-order valence-corrected chi connectivity index (χ4v) is 55.9. The minimum absolute atomic E-state index is 0. The van der Waals surface area contributed by atoms with Gasteiger partial charge < -0.3 is 19.0 Å². The summed E-state index contributed by atoms with van der Waals surface area (Å²) in [7, 11) is -9.28. The van der Waals surface area contributed by atoms with Crippen molar-refractivity contribution in [3.63, 3.8) is 0 Å². The molecule has 0 saturated carbocycles. The van der Waals surface area contributed by atoms with Crippen molar-refractivity contribution in [2.45, 2.75) is 193 Å². The summed E-state index contributed by atoms with van der Waals surface area (Å²) < 4.78 is 3.78. The molecule has 0 aliphatic carbocycles. The van der Waals surface area contributed by atoms with E-state index >= 15 is 0 Å². The average molecular weight is 925 g/mol. The quantitative estimate of drug-likeness (QED) is 0.106. The van der Waals surface area contributed by atoms with Crippen molar-refractivity contribution in [1.29, 1.82) is 0 Å². The number of rotatable bonds is 14. The zero-order valence-electron chi connectivity index (χ0n) is 38.2. The summed E-state index contributed by atoms with van der Waals surface area (Å²) in [5.41, 5.74) is 10.5. The van der Waals surface area contributed by atoms with E-state index in [4.69, 9.17) is 0 Å². The first-order valence-corrected chi connectivity index (χ1v) is 44.1. The number of hydrogen-bond acceptors (Lipinski definition) is 1. The van der Waals surface area contributed by atoms with E-state index in [9.17, 15) is 0 Å². The normalized spacial score (nSPS) is 13.8. The maximum atomic E-state index is 2.94. The van der Waals surface area contributed by atoms with Crippen LogP contribution in [0.2, 0.25) is 118 Å². The molecule has 9 heteroatoms. The van der Waals surface area contributed by atoms with Crippen LogP contribution in [0.4, 0.5) is 0 Å². The summed E-state index contributed by atoms with van der Waals surface area (Å²) in [6.45, 7) is 63.4. The fourth-order valence-electron chi connectivity index (χ4n) is 10.5. The summed E-state index contributed by atoms with van der Waals surface area (Å²) in [5.74, 6) is 1.67. The van der Waals surface area contributed by atoms with E-state index in [0.717, 1.165) is 15.5 Å². The average Bonchev–Trinajstić information content (AvgIpc) is 2.79. The summed E-state index contributed by atoms with van der Waals surface area (Å²) in [6.07, 6.45) is 0. The summed E-state index contributed by atoms with van der Waals surface area (Å²) in [4.78, 5) is 0. The molecule has 2 rings (SSSR count). The molecular formula is C42H85OSSi6Sn. The molecular weight excluding hydrogens is 840 g/mol. The minimum atomic E-state index is -1.57. The van der Waals surface area contributed by atoms with E-state index in [1.807, 2.05) is 18.3 Å². The van der Waals surface area contributed by atoms with E-state index in [1.54, 1.807) is 22.3 Å². The molecule has 0 atom stereocenters. The topological polar surface area (TPSA) is 31.5 Å². The second-order valence-electron chi connectivity index (χ2n) is 23.2. The van der Waals surface area contributed by atoms with Gasteiger partial charge in [0.1, 0.15) is 0 Å². The van der Waals surface area contributed by atoms with Gasteiger partial charge in [-0.2, -0.15) is 0 Å². The molecule has 0 aliphatic heterocycles. The maximum Gasteiger partial charge on any atom is -0.412 e. The Bertz CT molecular complexity index is 1320. The standard InChI is InChI=1S/C27H59Si6.C15H23.H2O.H2S.Sn/c1-28(2,3)25(29(4,5)6)22-19-23(26(30(7,8)9)31(10,11)12)21-24(20-22)27(32(13,14)15)33(16,17)18;1-10(2)13-7-14(11(3)4)9-15(8-13)12(5)6;;;/h19-20,25-27H,1-18H3;7-8,10-12H,1-6H3;2*1H2;/q;;;;+1/p-1. The third-order valence-electron chi connectivity index (χ3n) is 10.8. The fraction of sp³-hybridized carbons (Fsp3) is 0.714. The van der Waals surface area contributed by atoms with E-state index in [-0.39, 0.29) is 19.0 Å². The number of benzene rings is 2. The molecule has 0 amide bonds. The third kappa shape index (κ3) is 12.9. The predicted molar refractivity (Wildman–Crippen MR) is 261 cm³/mol. The minimum Gasteiger partial charge on any atom is -0.813 e. The van der Waals surface area contributed by atoms with Gasteiger partial charge in [-0.3, -0.25) is 0 Å². The van der Waals surface area contributed by atoms with Gasteiger partial charge in [-0.25, -0.2) is 0 Å². The first-order chi connectivity index (χ1) is 21.6. The van der Waals surface area contributed by atoms with Crippen molar-refractivity contribution in [1.82, 2.24) is 0 Å². The number of hydrogen-bond donors (Lipinski definition) is 0. The largest absolute Gasteiger partial charge is 0.813 e. The van der Waals surface area contributed by atoms with Crippen LogP contribution in [-0.2, 0) is 13.5 Å². The van der Waals surface area contributed by atoms with Crippen LogP contribution in [0.3, 0.4) is 0 Å². The van der Waals surface area contributed by atoms with E-state index < -0.39 is 69.6 Å². The Labute approximate surface area is 343 Å². The molecule has 1 radical (unpaired) electrons. The molecule has 0 spiro atoms. The molecule has 0 aliphatic rings. The van der Waals surface area contributed by atoms with Crippen molar-refractivity contribution in [2.24, 2.45) is 0 Å². The first-order valence-electron chi connectivity index (χ1n) is 19.7. The van der Waals surface area contributed by atoms with Crippen molar-refractivity contribution in [3.8, 4) is 0 Å². The van der Waals surface area contributed by atoms with Crippen molar-refractivity contribution in [2.75, 3.05) is 0 Å². The van der Waals surface area contributed by atoms with Crippen molar-refractivity contribution < 1.29 is 5.48 Å². The third-order valence-corrected chi connectivity index (χ3v) is 43.4. The van der Waals surface area contributed by atoms with Gasteiger partial charge in [0.15, 0.2) is 0 Å². The Morgan fingerprint density at radius 2 is 0.588 bits per heavy atom. The van der Waals surface area contributed by atoms with Gasteiger partial charge in [-0.1, -0.05) is 0 Å². The zero-order chi connectivity index (χ0) is 38.6. The molecule has 0 aromatic heterocycles. The molecule has 0 unspecified atom stereocenters. The molecule has 51 heavy (non-hydrogen) atoms. The summed E-state index contributed by atoms with van der Waals surface area (Å²) >= 11 is -1.21. The Kier molecular flexibility index (Phi) is 18.3. The molecule has 293 valence electrons. The smallest absolute Gasteiger partial charge is 0.412 e. The Morgan fingerprint density at radius 1 is 0.353 bits per heavy atom. The second-order valence-corrected chi connectivity index (χ2v) is 60.4. The predicted octanol–water partition coefficient (Wildman–Crippen LogP) is 12.1. The van der Waals surface area contributed by atoms with Gasteiger partial charge in [-0.05, 0) is 0 Å². The van der Waals surface area contributed by atoms with Crippen LogP contribution in [0, 0.1) is 0 Å².